The van der Waals surface area contributed by atoms with E-state index in [4.69, 9.17) is 10.5 Å². The number of Topliss-reactive ketones (excluding diaryl/α,β-unsaturated/α-hetero) is 4. The Morgan fingerprint density at radius 2 is 1.81 bits per heavy atom. The molecule has 0 heterocycles. The molecule has 1 aromatic rings. The molecule has 2 amide bonds. The molecule has 3 aliphatic carbocycles. The Hall–Kier alpha value is -3.60. The Morgan fingerprint density at radius 1 is 1.14 bits per heavy atom. The molecule has 0 saturated heterocycles. The molecule has 4 rings (SSSR count). The Bertz CT molecular complexity index is 1230. The summed E-state index contributed by atoms with van der Waals surface area (Å²) in [5, 5.41) is 24.3. The minimum absolute atomic E-state index is 0.00278. The van der Waals surface area contributed by atoms with E-state index in [9.17, 15) is 39.0 Å². The van der Waals surface area contributed by atoms with E-state index in [1.807, 2.05) is 20.8 Å². The number of primary amides is 1. The SMILES string of the molecule is CC(C)(C)COC(=O)NCc1ccc(O)c2c1C[C@H]1C[C@H]3CC(=O)C(C(N)=O)C(=O)[C@@]3(O)C(=O)C1C2=O. The number of nitrogens with one attached hydrogen (secondary N) is 1. The summed E-state index contributed by atoms with van der Waals surface area (Å²) in [4.78, 5) is 76.2. The summed E-state index contributed by atoms with van der Waals surface area (Å²) >= 11 is 0. The predicted molar refractivity (Wildman–Crippen MR) is 126 cm³/mol. The third-order valence-corrected chi connectivity index (χ3v) is 7.44. The molecule has 198 valence electrons. The number of benzene rings is 1. The van der Waals surface area contributed by atoms with E-state index in [1.54, 1.807) is 6.07 Å². The fourth-order valence-corrected chi connectivity index (χ4v) is 5.70. The van der Waals surface area contributed by atoms with Crippen molar-refractivity contribution < 1.29 is 43.7 Å². The molecular formula is C26H30N2O9. The zero-order valence-electron chi connectivity index (χ0n) is 20.8. The number of amides is 2. The number of phenols is 1. The summed E-state index contributed by atoms with van der Waals surface area (Å²) in [5.41, 5.74) is 3.11. The summed E-state index contributed by atoms with van der Waals surface area (Å²) in [6.45, 7) is 5.91. The molecule has 0 radical (unpaired) electrons. The van der Waals surface area contributed by atoms with Gasteiger partial charge in [-0.2, -0.15) is 0 Å². The van der Waals surface area contributed by atoms with E-state index in [-0.39, 0.29) is 42.7 Å². The van der Waals surface area contributed by atoms with Crippen LogP contribution in [0.15, 0.2) is 12.1 Å². The van der Waals surface area contributed by atoms with Crippen LogP contribution in [0.4, 0.5) is 4.79 Å². The van der Waals surface area contributed by atoms with Gasteiger partial charge in [-0.05, 0) is 41.4 Å². The highest BCUT2D eigenvalue weighted by molar-refractivity contribution is 6.31. The summed E-state index contributed by atoms with van der Waals surface area (Å²) in [7, 11) is 0. The maximum absolute atomic E-state index is 13.5. The molecule has 3 aliphatic rings. The first-order chi connectivity index (χ1) is 17.2. The van der Waals surface area contributed by atoms with Gasteiger partial charge in [-0.25, -0.2) is 4.79 Å². The van der Waals surface area contributed by atoms with E-state index in [1.165, 1.54) is 6.07 Å². The summed E-state index contributed by atoms with van der Waals surface area (Å²) < 4.78 is 5.20. The van der Waals surface area contributed by atoms with Gasteiger partial charge in [-0.3, -0.25) is 24.0 Å². The quantitative estimate of drug-likeness (QED) is 0.417. The average Bonchev–Trinajstić information content (AvgIpc) is 2.78. The van der Waals surface area contributed by atoms with Crippen molar-refractivity contribution in [2.24, 2.45) is 34.8 Å². The average molecular weight is 515 g/mol. The summed E-state index contributed by atoms with van der Waals surface area (Å²) in [6.07, 6.45) is -0.927. The Balaban J connectivity index is 1.63. The number of ketones is 4. The first-order valence-corrected chi connectivity index (χ1v) is 12.1. The van der Waals surface area contributed by atoms with Gasteiger partial charge in [0, 0.05) is 18.9 Å². The maximum Gasteiger partial charge on any atom is 0.407 e. The van der Waals surface area contributed by atoms with Gasteiger partial charge in [0.15, 0.2) is 34.7 Å². The van der Waals surface area contributed by atoms with Crippen molar-refractivity contribution in [2.45, 2.75) is 52.2 Å². The second-order valence-corrected chi connectivity index (χ2v) is 11.3. The number of hydrogen-bond acceptors (Lipinski definition) is 9. The molecule has 1 aromatic carbocycles. The fraction of sp³-hybridized carbons (Fsp3) is 0.538. The number of rotatable bonds is 4. The standard InChI is InChI=1S/C26H30N2O9/c1-25(2,3)10-37-24(35)28-9-11-4-5-15(29)18-14(11)7-12-6-13-8-16(30)19(23(27)34)22(33)26(13,36)21(32)17(12)20(18)31/h4-5,12-13,17,19,29,36H,6-10H2,1-3H3,(H2,27,34)(H,28,35)/t12-,13+,17?,19?,26+/m1/s1. The molecule has 2 fully saturated rings. The molecule has 37 heavy (non-hydrogen) atoms. The van der Waals surface area contributed by atoms with Gasteiger partial charge in [-0.15, -0.1) is 0 Å². The van der Waals surface area contributed by atoms with Crippen molar-refractivity contribution in [1.29, 1.82) is 0 Å². The van der Waals surface area contributed by atoms with Gasteiger partial charge in [0.2, 0.25) is 5.91 Å². The van der Waals surface area contributed by atoms with Crippen molar-refractivity contribution in [3.05, 3.63) is 28.8 Å². The third-order valence-electron chi connectivity index (χ3n) is 7.44. The van der Waals surface area contributed by atoms with Crippen LogP contribution in [0.3, 0.4) is 0 Å². The number of aliphatic hydroxyl groups is 1. The number of nitrogens with two attached hydrogens (primary N) is 1. The topological polar surface area (TPSA) is 190 Å². The van der Waals surface area contributed by atoms with E-state index in [0.717, 1.165) is 0 Å². The van der Waals surface area contributed by atoms with E-state index in [0.29, 0.717) is 11.1 Å². The van der Waals surface area contributed by atoms with Crippen molar-refractivity contribution in [3.63, 3.8) is 0 Å². The van der Waals surface area contributed by atoms with Crippen molar-refractivity contribution in [3.8, 4) is 5.75 Å². The number of carbonyl (C=O) groups excluding carboxylic acids is 6. The molecule has 0 aliphatic heterocycles. The van der Waals surface area contributed by atoms with Gasteiger partial charge in [0.05, 0.1) is 18.1 Å². The van der Waals surface area contributed by atoms with E-state index in [2.05, 4.69) is 5.32 Å². The normalized spacial score (nSPS) is 29.2. The second kappa shape index (κ2) is 9.05. The molecule has 5 N–H and O–H groups in total. The second-order valence-electron chi connectivity index (χ2n) is 11.3. The lowest BCUT2D eigenvalue weighted by molar-refractivity contribution is -0.175. The first kappa shape index (κ1) is 26.5. The van der Waals surface area contributed by atoms with Crippen molar-refractivity contribution in [1.82, 2.24) is 5.32 Å². The predicted octanol–water partition coefficient (Wildman–Crippen LogP) is 0.599. The number of carbonyl (C=O) groups is 6. The Kier molecular flexibility index (Phi) is 6.48. The lowest BCUT2D eigenvalue weighted by Gasteiger charge is -2.48. The smallest absolute Gasteiger partial charge is 0.407 e. The van der Waals surface area contributed by atoms with Gasteiger partial charge < -0.3 is 26.0 Å². The van der Waals surface area contributed by atoms with Gasteiger partial charge in [-0.1, -0.05) is 26.8 Å². The highest BCUT2D eigenvalue weighted by Gasteiger charge is 2.66. The number of alkyl carbamates (subject to hydrolysis) is 1. The van der Waals surface area contributed by atoms with Gasteiger partial charge in [0.25, 0.3) is 0 Å². The number of phenolic OH excluding ortho intramolecular Hbond substituents is 1. The summed E-state index contributed by atoms with van der Waals surface area (Å²) in [5.74, 6) is -10.7. The number of aromatic hydroxyl groups is 1. The zero-order chi connectivity index (χ0) is 27.4. The van der Waals surface area contributed by atoms with Crippen LogP contribution >= 0.6 is 0 Å². The first-order valence-electron chi connectivity index (χ1n) is 12.1. The molecule has 5 atom stereocenters. The van der Waals surface area contributed by atoms with Crippen molar-refractivity contribution in [2.75, 3.05) is 6.61 Å². The van der Waals surface area contributed by atoms with Gasteiger partial charge in [0.1, 0.15) is 5.75 Å². The van der Waals surface area contributed by atoms with Gasteiger partial charge >= 0.3 is 6.09 Å². The molecule has 0 bridgehead atoms. The van der Waals surface area contributed by atoms with Crippen LogP contribution in [0, 0.1) is 29.1 Å². The Morgan fingerprint density at radius 3 is 2.43 bits per heavy atom. The lowest BCUT2D eigenvalue weighted by Crippen LogP contribution is -2.68. The van der Waals surface area contributed by atoms with E-state index >= 15 is 0 Å². The fourth-order valence-electron chi connectivity index (χ4n) is 5.70. The molecule has 11 heteroatoms. The van der Waals surface area contributed by atoms with Crippen LogP contribution in [0.1, 0.15) is 55.1 Å². The van der Waals surface area contributed by atoms with Crippen molar-refractivity contribution >= 4 is 35.1 Å². The minimum atomic E-state index is -2.69. The van der Waals surface area contributed by atoms with E-state index < -0.39 is 70.8 Å². The molecule has 2 unspecified atom stereocenters. The summed E-state index contributed by atoms with van der Waals surface area (Å²) in [6, 6.07) is 2.82. The van der Waals surface area contributed by atoms with Crippen LogP contribution in [0.25, 0.3) is 0 Å². The van der Waals surface area contributed by atoms with Crippen LogP contribution in [0.5, 0.6) is 5.75 Å². The third kappa shape index (κ3) is 4.41. The molecular weight excluding hydrogens is 484 g/mol. The van der Waals surface area contributed by atoms with Crippen LogP contribution in [0.2, 0.25) is 0 Å². The molecule has 2 saturated carbocycles. The van der Waals surface area contributed by atoms with Crippen LogP contribution in [-0.2, 0) is 36.9 Å². The monoisotopic (exact) mass is 514 g/mol. The number of fused-ring (bicyclic) bond motifs is 3. The molecule has 11 nitrogen and oxygen atoms in total. The number of hydrogen-bond donors (Lipinski definition) is 4. The number of ether oxygens (including phenoxy) is 1. The van der Waals surface area contributed by atoms with Crippen LogP contribution < -0.4 is 11.1 Å². The minimum Gasteiger partial charge on any atom is -0.507 e. The Labute approximate surface area is 212 Å². The zero-order valence-corrected chi connectivity index (χ0v) is 20.8. The lowest BCUT2D eigenvalue weighted by atomic mass is 9.53. The molecule has 0 aromatic heterocycles. The highest BCUT2D eigenvalue weighted by atomic mass is 16.5. The highest BCUT2D eigenvalue weighted by Crippen LogP contribution is 2.50. The maximum atomic E-state index is 13.5. The van der Waals surface area contributed by atoms with Crippen LogP contribution in [-0.4, -0.2) is 57.6 Å². The molecule has 0 spiro atoms. The largest absolute Gasteiger partial charge is 0.507 e.